The lowest BCUT2D eigenvalue weighted by Crippen LogP contribution is -2.45. The van der Waals surface area contributed by atoms with E-state index in [0.717, 1.165) is 19.1 Å². The molecule has 0 bridgehead atoms. The lowest BCUT2D eigenvalue weighted by atomic mass is 10.2. The monoisotopic (exact) mass is 239 g/mol. The standard InChI is InChI=1S/C14H29N3/c1-5-9-15-11-13(3)16(4)12-14-8-7-10-17(14)6-2/h5,13-15H,1,6-12H2,2-4H3. The Bertz CT molecular complexity index is 218. The molecule has 0 saturated carbocycles. The van der Waals surface area contributed by atoms with Gasteiger partial charge in [0.15, 0.2) is 0 Å². The first-order valence-corrected chi connectivity index (χ1v) is 6.95. The maximum atomic E-state index is 3.72. The van der Waals surface area contributed by atoms with E-state index >= 15 is 0 Å². The molecule has 2 atom stereocenters. The molecule has 3 heteroatoms. The van der Waals surface area contributed by atoms with Crippen LogP contribution in [0.5, 0.6) is 0 Å². The highest BCUT2D eigenvalue weighted by atomic mass is 15.2. The van der Waals surface area contributed by atoms with Gasteiger partial charge in [-0.3, -0.25) is 4.90 Å². The van der Waals surface area contributed by atoms with Gasteiger partial charge in [-0.1, -0.05) is 13.0 Å². The number of likely N-dealkylation sites (N-methyl/N-ethyl adjacent to an activating group) is 2. The predicted octanol–water partition coefficient (Wildman–Crippen LogP) is 1.57. The SMILES string of the molecule is C=CCNCC(C)N(C)CC1CCCN1CC. The summed E-state index contributed by atoms with van der Waals surface area (Å²) in [6, 6.07) is 1.36. The lowest BCUT2D eigenvalue weighted by molar-refractivity contribution is 0.168. The van der Waals surface area contributed by atoms with Crippen molar-refractivity contribution >= 4 is 0 Å². The number of nitrogens with one attached hydrogen (secondary N) is 1. The van der Waals surface area contributed by atoms with Crippen LogP contribution < -0.4 is 5.32 Å². The minimum atomic E-state index is 0.592. The molecule has 1 fully saturated rings. The van der Waals surface area contributed by atoms with Gasteiger partial charge in [0.05, 0.1) is 0 Å². The van der Waals surface area contributed by atoms with Crippen molar-refractivity contribution in [2.24, 2.45) is 0 Å². The molecule has 17 heavy (non-hydrogen) atoms. The molecule has 0 radical (unpaired) electrons. The Hall–Kier alpha value is -0.380. The van der Waals surface area contributed by atoms with Crippen molar-refractivity contribution in [1.82, 2.24) is 15.1 Å². The molecule has 1 heterocycles. The summed E-state index contributed by atoms with van der Waals surface area (Å²) >= 11 is 0. The van der Waals surface area contributed by atoms with E-state index in [-0.39, 0.29) is 0 Å². The summed E-state index contributed by atoms with van der Waals surface area (Å²) in [6.45, 7) is 13.9. The molecule has 1 rings (SSSR count). The van der Waals surface area contributed by atoms with Gasteiger partial charge in [-0.05, 0) is 39.9 Å². The van der Waals surface area contributed by atoms with E-state index in [2.05, 4.69) is 42.6 Å². The topological polar surface area (TPSA) is 18.5 Å². The number of nitrogens with zero attached hydrogens (tertiary/aromatic N) is 2. The Labute approximate surface area is 107 Å². The van der Waals surface area contributed by atoms with Crippen molar-refractivity contribution in [2.45, 2.75) is 38.8 Å². The van der Waals surface area contributed by atoms with Crippen molar-refractivity contribution in [3.8, 4) is 0 Å². The maximum Gasteiger partial charge on any atom is 0.0223 e. The zero-order valence-corrected chi connectivity index (χ0v) is 11.8. The fourth-order valence-corrected chi connectivity index (χ4v) is 2.58. The zero-order chi connectivity index (χ0) is 12.7. The average Bonchev–Trinajstić information content (AvgIpc) is 2.76. The summed E-state index contributed by atoms with van der Waals surface area (Å²) < 4.78 is 0. The minimum Gasteiger partial charge on any atom is -0.312 e. The Morgan fingerprint density at radius 1 is 1.59 bits per heavy atom. The molecule has 0 aromatic carbocycles. The highest BCUT2D eigenvalue weighted by molar-refractivity contribution is 4.82. The van der Waals surface area contributed by atoms with Gasteiger partial charge in [-0.15, -0.1) is 6.58 Å². The van der Waals surface area contributed by atoms with Gasteiger partial charge in [-0.2, -0.15) is 0 Å². The molecule has 1 aliphatic rings. The van der Waals surface area contributed by atoms with Crippen LogP contribution in [0.1, 0.15) is 26.7 Å². The van der Waals surface area contributed by atoms with Gasteiger partial charge < -0.3 is 10.2 Å². The molecule has 100 valence electrons. The Morgan fingerprint density at radius 2 is 2.35 bits per heavy atom. The molecule has 2 unspecified atom stereocenters. The van der Waals surface area contributed by atoms with Crippen LogP contribution in [0.15, 0.2) is 12.7 Å². The van der Waals surface area contributed by atoms with E-state index in [1.165, 1.54) is 32.5 Å². The van der Waals surface area contributed by atoms with E-state index in [1.54, 1.807) is 0 Å². The second-order valence-electron chi connectivity index (χ2n) is 5.16. The molecule has 1 saturated heterocycles. The van der Waals surface area contributed by atoms with Crippen LogP contribution in [0.25, 0.3) is 0 Å². The summed E-state index contributed by atoms with van der Waals surface area (Å²) in [4.78, 5) is 5.09. The fourth-order valence-electron chi connectivity index (χ4n) is 2.58. The molecule has 3 nitrogen and oxygen atoms in total. The summed E-state index contributed by atoms with van der Waals surface area (Å²) in [5.41, 5.74) is 0. The van der Waals surface area contributed by atoms with Gasteiger partial charge in [0.1, 0.15) is 0 Å². The van der Waals surface area contributed by atoms with Crippen LogP contribution in [0.4, 0.5) is 0 Å². The lowest BCUT2D eigenvalue weighted by Gasteiger charge is -2.31. The third-order valence-electron chi connectivity index (χ3n) is 3.88. The first-order valence-electron chi connectivity index (χ1n) is 6.95. The Morgan fingerprint density at radius 3 is 3.00 bits per heavy atom. The largest absolute Gasteiger partial charge is 0.312 e. The van der Waals surface area contributed by atoms with E-state index in [4.69, 9.17) is 0 Å². The van der Waals surface area contributed by atoms with Crippen LogP contribution in [-0.2, 0) is 0 Å². The molecule has 0 aliphatic carbocycles. The normalized spacial score (nSPS) is 23.2. The third kappa shape index (κ3) is 4.78. The molecule has 0 spiro atoms. The molecule has 1 N–H and O–H groups in total. The van der Waals surface area contributed by atoms with Gasteiger partial charge in [0, 0.05) is 31.7 Å². The summed E-state index contributed by atoms with van der Waals surface area (Å²) in [5.74, 6) is 0. The van der Waals surface area contributed by atoms with E-state index in [9.17, 15) is 0 Å². The first-order chi connectivity index (χ1) is 8.19. The molecule has 1 aliphatic heterocycles. The molecular weight excluding hydrogens is 210 g/mol. The summed E-state index contributed by atoms with van der Waals surface area (Å²) in [7, 11) is 2.24. The quantitative estimate of drug-likeness (QED) is 0.512. The molecule has 0 aromatic rings. The fraction of sp³-hybridized carbons (Fsp3) is 0.857. The van der Waals surface area contributed by atoms with E-state index < -0.39 is 0 Å². The highest BCUT2D eigenvalue weighted by Gasteiger charge is 2.25. The summed E-state index contributed by atoms with van der Waals surface area (Å²) in [6.07, 6.45) is 4.66. The van der Waals surface area contributed by atoms with Gasteiger partial charge in [-0.25, -0.2) is 0 Å². The smallest absolute Gasteiger partial charge is 0.0223 e. The van der Waals surface area contributed by atoms with Crippen molar-refractivity contribution in [3.05, 3.63) is 12.7 Å². The number of hydrogen-bond donors (Lipinski definition) is 1. The summed E-state index contributed by atoms with van der Waals surface area (Å²) in [5, 5.41) is 3.39. The van der Waals surface area contributed by atoms with E-state index in [0.29, 0.717) is 6.04 Å². The van der Waals surface area contributed by atoms with Crippen LogP contribution in [0, 0.1) is 0 Å². The van der Waals surface area contributed by atoms with Crippen LogP contribution in [0.3, 0.4) is 0 Å². The predicted molar refractivity (Wildman–Crippen MR) is 75.4 cm³/mol. The number of hydrogen-bond acceptors (Lipinski definition) is 3. The van der Waals surface area contributed by atoms with Gasteiger partial charge >= 0.3 is 0 Å². The van der Waals surface area contributed by atoms with Crippen molar-refractivity contribution in [3.63, 3.8) is 0 Å². The van der Waals surface area contributed by atoms with Crippen molar-refractivity contribution in [2.75, 3.05) is 39.8 Å². The second kappa shape index (κ2) is 7.85. The first kappa shape index (κ1) is 14.7. The van der Waals surface area contributed by atoms with Gasteiger partial charge in [0.25, 0.3) is 0 Å². The van der Waals surface area contributed by atoms with Crippen molar-refractivity contribution < 1.29 is 0 Å². The highest BCUT2D eigenvalue weighted by Crippen LogP contribution is 2.17. The van der Waals surface area contributed by atoms with Crippen LogP contribution in [-0.4, -0.2) is 61.7 Å². The van der Waals surface area contributed by atoms with Crippen LogP contribution >= 0.6 is 0 Å². The average molecular weight is 239 g/mol. The third-order valence-corrected chi connectivity index (χ3v) is 3.88. The van der Waals surface area contributed by atoms with Gasteiger partial charge in [0.2, 0.25) is 0 Å². The van der Waals surface area contributed by atoms with E-state index in [1.807, 2.05) is 6.08 Å². The number of rotatable bonds is 8. The molecule has 0 amide bonds. The Kier molecular flexibility index (Phi) is 6.78. The molecule has 0 aromatic heterocycles. The number of likely N-dealkylation sites (tertiary alicyclic amines) is 1. The second-order valence-corrected chi connectivity index (χ2v) is 5.16. The molecular formula is C14H29N3. The van der Waals surface area contributed by atoms with Crippen molar-refractivity contribution in [1.29, 1.82) is 0 Å². The zero-order valence-electron chi connectivity index (χ0n) is 11.8. The van der Waals surface area contributed by atoms with Crippen LogP contribution in [0.2, 0.25) is 0 Å². The maximum absolute atomic E-state index is 3.72. The minimum absolute atomic E-state index is 0.592. The Balaban J connectivity index is 2.26.